The van der Waals surface area contributed by atoms with Gasteiger partial charge in [0.25, 0.3) is 0 Å². The summed E-state index contributed by atoms with van der Waals surface area (Å²) in [6, 6.07) is 7.71. The van der Waals surface area contributed by atoms with Gasteiger partial charge in [-0.3, -0.25) is 9.69 Å². The molecule has 0 saturated carbocycles. The number of unbranched alkanes of at least 4 members (excludes halogenated alkanes) is 5. The molecule has 0 bridgehead atoms. The molecular formula is C21H32FNO4. The molecule has 1 N–H and O–H groups in total. The highest BCUT2D eigenvalue weighted by Gasteiger charge is 2.28. The van der Waals surface area contributed by atoms with Crippen LogP contribution in [0.1, 0.15) is 63.5 Å². The summed E-state index contributed by atoms with van der Waals surface area (Å²) in [6.45, 7) is 4.09. The first-order valence-corrected chi connectivity index (χ1v) is 10.0. The molecule has 2 unspecified atom stereocenters. The van der Waals surface area contributed by atoms with Crippen molar-refractivity contribution in [2.75, 3.05) is 26.3 Å². The van der Waals surface area contributed by atoms with Gasteiger partial charge >= 0.3 is 5.97 Å². The van der Waals surface area contributed by atoms with E-state index in [1.54, 1.807) is 0 Å². The van der Waals surface area contributed by atoms with E-state index in [1.807, 2.05) is 24.3 Å². The van der Waals surface area contributed by atoms with Crippen LogP contribution in [0.15, 0.2) is 24.3 Å². The van der Waals surface area contributed by atoms with E-state index < -0.39 is 18.7 Å². The highest BCUT2D eigenvalue weighted by Crippen LogP contribution is 2.26. The average molecular weight is 381 g/mol. The summed E-state index contributed by atoms with van der Waals surface area (Å²) >= 11 is 0. The van der Waals surface area contributed by atoms with E-state index in [4.69, 9.17) is 14.6 Å². The number of rotatable bonds is 12. The molecule has 5 nitrogen and oxygen atoms in total. The molecule has 152 valence electrons. The molecule has 27 heavy (non-hydrogen) atoms. The van der Waals surface area contributed by atoms with Gasteiger partial charge in [0, 0.05) is 13.1 Å². The van der Waals surface area contributed by atoms with Crippen LogP contribution in [0.2, 0.25) is 0 Å². The second-order valence-corrected chi connectivity index (χ2v) is 7.07. The number of carboxylic acid groups (broad SMARTS) is 1. The highest BCUT2D eigenvalue weighted by molar-refractivity contribution is 5.67. The van der Waals surface area contributed by atoms with E-state index in [0.717, 1.165) is 24.3 Å². The number of carbonyl (C=O) groups is 1. The zero-order valence-corrected chi connectivity index (χ0v) is 16.2. The fraction of sp³-hybridized carbons (Fsp3) is 0.667. The Morgan fingerprint density at radius 3 is 2.67 bits per heavy atom. The monoisotopic (exact) mass is 381 g/mol. The molecule has 0 radical (unpaired) electrons. The molecule has 1 fully saturated rings. The molecule has 0 spiro atoms. The van der Waals surface area contributed by atoms with Gasteiger partial charge in [-0.15, -0.1) is 0 Å². The second kappa shape index (κ2) is 11.9. The first kappa shape index (κ1) is 21.6. The number of alkyl halides is 1. The van der Waals surface area contributed by atoms with E-state index in [2.05, 4.69) is 6.92 Å². The van der Waals surface area contributed by atoms with Gasteiger partial charge in [0.2, 0.25) is 0 Å². The van der Waals surface area contributed by atoms with Crippen molar-refractivity contribution in [3.05, 3.63) is 29.8 Å². The zero-order chi connectivity index (χ0) is 19.5. The lowest BCUT2D eigenvalue weighted by Crippen LogP contribution is -2.43. The van der Waals surface area contributed by atoms with E-state index in [-0.39, 0.29) is 6.10 Å². The van der Waals surface area contributed by atoms with Crippen LogP contribution in [-0.4, -0.2) is 48.6 Å². The van der Waals surface area contributed by atoms with Crippen molar-refractivity contribution in [2.24, 2.45) is 0 Å². The number of hydrogen-bond acceptors (Lipinski definition) is 4. The third-order valence-corrected chi connectivity index (χ3v) is 4.86. The summed E-state index contributed by atoms with van der Waals surface area (Å²) < 4.78 is 25.6. The van der Waals surface area contributed by atoms with Crippen LogP contribution >= 0.6 is 0 Å². The van der Waals surface area contributed by atoms with Crippen molar-refractivity contribution in [3.8, 4) is 5.75 Å². The standard InChI is InChI=1S/C21H32FNO4/c1-2-3-4-5-6-7-13-26-18-10-8-17(9-11-18)19-16-23(12-14-27-19)20(22)15-21(24)25/h8-11,19-20H,2-7,12-16H2,1H3,(H,24,25). The van der Waals surface area contributed by atoms with Crippen molar-refractivity contribution < 1.29 is 23.8 Å². The topological polar surface area (TPSA) is 59.0 Å². The summed E-state index contributed by atoms with van der Waals surface area (Å²) in [7, 11) is 0. The first-order valence-electron chi connectivity index (χ1n) is 10.0. The number of hydrogen-bond donors (Lipinski definition) is 1. The van der Waals surface area contributed by atoms with Crippen molar-refractivity contribution in [1.29, 1.82) is 0 Å². The number of nitrogens with zero attached hydrogens (tertiary/aromatic N) is 1. The van der Waals surface area contributed by atoms with E-state index in [0.29, 0.717) is 19.7 Å². The van der Waals surface area contributed by atoms with Crippen molar-refractivity contribution in [2.45, 2.75) is 64.3 Å². The van der Waals surface area contributed by atoms with Crippen molar-refractivity contribution >= 4 is 5.97 Å². The van der Waals surface area contributed by atoms with Crippen LogP contribution in [0.25, 0.3) is 0 Å². The van der Waals surface area contributed by atoms with Gasteiger partial charge in [0.15, 0.2) is 6.30 Å². The Kier molecular flexibility index (Phi) is 9.56. The first-order chi connectivity index (χ1) is 13.1. The van der Waals surface area contributed by atoms with E-state index in [1.165, 1.54) is 37.0 Å². The van der Waals surface area contributed by atoms with Crippen molar-refractivity contribution in [1.82, 2.24) is 4.90 Å². The lowest BCUT2D eigenvalue weighted by Gasteiger charge is -2.34. The fourth-order valence-electron chi connectivity index (χ4n) is 3.25. The van der Waals surface area contributed by atoms with Crippen LogP contribution in [0.4, 0.5) is 4.39 Å². The minimum atomic E-state index is -1.48. The Labute approximate surface area is 161 Å². The van der Waals surface area contributed by atoms with Gasteiger partial charge in [-0.25, -0.2) is 4.39 Å². The summed E-state index contributed by atoms with van der Waals surface area (Å²) in [5.74, 6) is -0.299. The predicted molar refractivity (Wildman–Crippen MR) is 103 cm³/mol. The van der Waals surface area contributed by atoms with Gasteiger partial charge in [0.1, 0.15) is 5.75 Å². The van der Waals surface area contributed by atoms with Gasteiger partial charge in [0.05, 0.1) is 25.7 Å². The number of aliphatic carboxylic acids is 1. The van der Waals surface area contributed by atoms with Crippen LogP contribution in [0.3, 0.4) is 0 Å². The number of benzene rings is 1. The maximum atomic E-state index is 14.0. The summed E-state index contributed by atoms with van der Waals surface area (Å²) in [4.78, 5) is 12.2. The fourth-order valence-corrected chi connectivity index (χ4v) is 3.25. The predicted octanol–water partition coefficient (Wildman–Crippen LogP) is 4.57. The smallest absolute Gasteiger partial charge is 0.307 e. The SMILES string of the molecule is CCCCCCCCOc1ccc(C2CN(C(F)CC(=O)O)CCO2)cc1. The zero-order valence-electron chi connectivity index (χ0n) is 16.2. The molecule has 0 aliphatic carbocycles. The Balaban J connectivity index is 1.74. The van der Waals surface area contributed by atoms with Gasteiger partial charge in [-0.05, 0) is 24.1 Å². The molecular weight excluding hydrogens is 349 g/mol. The van der Waals surface area contributed by atoms with Crippen molar-refractivity contribution in [3.63, 3.8) is 0 Å². The molecule has 1 heterocycles. The van der Waals surface area contributed by atoms with Crippen LogP contribution < -0.4 is 4.74 Å². The molecule has 1 aromatic rings. The average Bonchev–Trinajstić information content (AvgIpc) is 2.67. The number of halogens is 1. The number of carboxylic acids is 1. The maximum Gasteiger partial charge on any atom is 0.307 e. The van der Waals surface area contributed by atoms with Crippen LogP contribution in [-0.2, 0) is 9.53 Å². The van der Waals surface area contributed by atoms with Crippen LogP contribution in [0.5, 0.6) is 5.75 Å². The summed E-state index contributed by atoms with van der Waals surface area (Å²) in [5.41, 5.74) is 0.953. The molecule has 2 rings (SSSR count). The third-order valence-electron chi connectivity index (χ3n) is 4.86. The van der Waals surface area contributed by atoms with E-state index >= 15 is 0 Å². The minimum absolute atomic E-state index is 0.251. The Morgan fingerprint density at radius 1 is 1.26 bits per heavy atom. The molecule has 0 aromatic heterocycles. The highest BCUT2D eigenvalue weighted by atomic mass is 19.1. The van der Waals surface area contributed by atoms with E-state index in [9.17, 15) is 9.18 Å². The molecule has 1 aliphatic heterocycles. The molecule has 1 saturated heterocycles. The Hall–Kier alpha value is -1.66. The second-order valence-electron chi connectivity index (χ2n) is 7.07. The number of morpholine rings is 1. The van der Waals surface area contributed by atoms with Gasteiger partial charge < -0.3 is 14.6 Å². The molecule has 2 atom stereocenters. The lowest BCUT2D eigenvalue weighted by atomic mass is 10.1. The Morgan fingerprint density at radius 2 is 1.96 bits per heavy atom. The molecule has 0 amide bonds. The molecule has 1 aliphatic rings. The third kappa shape index (κ3) is 7.85. The molecule has 1 aromatic carbocycles. The van der Waals surface area contributed by atoms with Gasteiger partial charge in [-0.2, -0.15) is 0 Å². The van der Waals surface area contributed by atoms with Crippen LogP contribution in [0, 0.1) is 0 Å². The number of ether oxygens (including phenoxy) is 2. The minimum Gasteiger partial charge on any atom is -0.494 e. The normalized spacial score (nSPS) is 19.0. The quantitative estimate of drug-likeness (QED) is 0.424. The maximum absolute atomic E-state index is 14.0. The Bertz CT molecular complexity index is 552. The largest absolute Gasteiger partial charge is 0.494 e. The lowest BCUT2D eigenvalue weighted by molar-refractivity contribution is -0.142. The van der Waals surface area contributed by atoms with Gasteiger partial charge in [-0.1, -0.05) is 51.2 Å². The molecule has 6 heteroatoms. The summed E-state index contributed by atoms with van der Waals surface area (Å²) in [5, 5.41) is 8.76. The summed E-state index contributed by atoms with van der Waals surface area (Å²) in [6.07, 6.45) is 5.17.